The van der Waals surface area contributed by atoms with Gasteiger partial charge in [-0.05, 0) is 58.3 Å². The number of amidine groups is 1. The molecule has 0 spiro atoms. The molecule has 2 aromatic heterocycles. The van der Waals surface area contributed by atoms with Crippen LogP contribution in [0.4, 0.5) is 15.9 Å². The lowest BCUT2D eigenvalue weighted by Crippen LogP contribution is -2.41. The molecule has 0 bridgehead atoms. The molecule has 1 aromatic carbocycles. The summed E-state index contributed by atoms with van der Waals surface area (Å²) in [5.41, 5.74) is 7.46. The van der Waals surface area contributed by atoms with Crippen molar-refractivity contribution in [1.82, 2.24) is 15.0 Å². The molecule has 8 nitrogen and oxygen atoms in total. The van der Waals surface area contributed by atoms with Crippen molar-refractivity contribution in [2.24, 2.45) is 15.1 Å². The van der Waals surface area contributed by atoms with E-state index >= 15 is 4.39 Å². The molecule has 0 amide bonds. The van der Waals surface area contributed by atoms with Gasteiger partial charge in [0.05, 0.1) is 16.9 Å². The molecule has 0 fully saturated rings. The van der Waals surface area contributed by atoms with Gasteiger partial charge in [-0.3, -0.25) is 4.99 Å². The van der Waals surface area contributed by atoms with Crippen molar-refractivity contribution in [2.75, 3.05) is 12.4 Å². The third-order valence-electron chi connectivity index (χ3n) is 5.53. The van der Waals surface area contributed by atoms with Crippen molar-refractivity contribution < 1.29 is 8.60 Å². The first kappa shape index (κ1) is 25.0. The van der Waals surface area contributed by atoms with Gasteiger partial charge in [0.15, 0.2) is 5.82 Å². The zero-order valence-corrected chi connectivity index (χ0v) is 21.5. The number of anilines is 2. The van der Waals surface area contributed by atoms with Gasteiger partial charge < -0.3 is 19.6 Å². The van der Waals surface area contributed by atoms with E-state index in [4.69, 9.17) is 5.73 Å². The predicted molar refractivity (Wildman–Crippen MR) is 134 cm³/mol. The van der Waals surface area contributed by atoms with Crippen molar-refractivity contribution >= 4 is 54.9 Å². The smallest absolute Gasteiger partial charge is 0.160 e. The van der Waals surface area contributed by atoms with Crippen LogP contribution in [0.3, 0.4) is 0 Å². The fraction of sp³-hybridized carbons (Fsp3) is 0.364. The Hall–Kier alpha value is -2.66. The SMILES string of the molecule is CC[C@](C)(N=C(N)C(C)(C)[S-](=O)=NC)c1cc(Nc2ncnc3cc(Br)cnc23)ccc1F. The number of nitrogens with zero attached hydrogens (tertiary/aromatic N) is 5. The van der Waals surface area contributed by atoms with Crippen LogP contribution in [-0.4, -0.2) is 32.6 Å². The molecule has 33 heavy (non-hydrogen) atoms. The number of aromatic nitrogens is 3. The van der Waals surface area contributed by atoms with Gasteiger partial charge >= 0.3 is 0 Å². The van der Waals surface area contributed by atoms with E-state index in [0.717, 1.165) is 4.47 Å². The summed E-state index contributed by atoms with van der Waals surface area (Å²) in [7, 11) is -0.112. The molecule has 2 heterocycles. The van der Waals surface area contributed by atoms with Crippen molar-refractivity contribution in [3.8, 4) is 0 Å². The van der Waals surface area contributed by atoms with Crippen LogP contribution in [0.5, 0.6) is 0 Å². The number of rotatable bonds is 7. The number of fused-ring (bicyclic) bond motifs is 1. The first-order chi connectivity index (χ1) is 15.5. The number of benzene rings is 1. The van der Waals surface area contributed by atoms with Crippen LogP contribution in [0.2, 0.25) is 0 Å². The van der Waals surface area contributed by atoms with Crippen LogP contribution in [0.1, 0.15) is 39.7 Å². The molecule has 3 N–H and O–H groups in total. The Bertz CT molecular complexity index is 1310. The molecular weight excluding hydrogens is 509 g/mol. The van der Waals surface area contributed by atoms with Gasteiger partial charge in [0.25, 0.3) is 0 Å². The van der Waals surface area contributed by atoms with Crippen LogP contribution in [0, 0.1) is 5.82 Å². The van der Waals surface area contributed by atoms with Crippen LogP contribution in [0.25, 0.3) is 11.0 Å². The second kappa shape index (κ2) is 9.68. The van der Waals surface area contributed by atoms with Crippen LogP contribution < -0.4 is 11.1 Å². The lowest BCUT2D eigenvalue weighted by Gasteiger charge is -2.33. The Morgan fingerprint density at radius 3 is 2.64 bits per heavy atom. The maximum absolute atomic E-state index is 15.0. The number of nitrogens with one attached hydrogen (secondary N) is 1. The molecule has 1 atom stereocenters. The Kier molecular flexibility index (Phi) is 7.32. The van der Waals surface area contributed by atoms with Gasteiger partial charge in [-0.2, -0.15) is 10.6 Å². The third-order valence-corrected chi connectivity index (χ3v) is 7.37. The van der Waals surface area contributed by atoms with Gasteiger partial charge in [0.1, 0.15) is 17.7 Å². The standard InChI is InChI=1S/C22H26BrFN7OS/c1-6-22(4,31-20(25)21(2,3)33(32)26-5)15-10-14(7-8-16(15)24)30-19-18-17(28-12-29-19)9-13(23)11-27-18/h7-12H,6H2,1-5H3,(H2,25,31)(H,28,29,30)/q-1/t22-/m0/s1. The van der Waals surface area contributed by atoms with Crippen molar-refractivity contribution in [3.05, 3.63) is 52.6 Å². The van der Waals surface area contributed by atoms with Gasteiger partial charge in [0, 0.05) is 29.0 Å². The molecule has 0 radical (unpaired) electrons. The zero-order valence-electron chi connectivity index (χ0n) is 19.1. The van der Waals surface area contributed by atoms with Gasteiger partial charge in [-0.15, -0.1) is 0 Å². The number of halogens is 2. The first-order valence-electron chi connectivity index (χ1n) is 10.2. The lowest BCUT2D eigenvalue weighted by molar-refractivity contribution is 0.446. The topological polar surface area (TPSA) is 119 Å². The summed E-state index contributed by atoms with van der Waals surface area (Å²) in [6, 6.07) is 6.50. The molecule has 176 valence electrons. The van der Waals surface area contributed by atoms with E-state index in [-0.39, 0.29) is 5.84 Å². The maximum Gasteiger partial charge on any atom is 0.160 e. The molecule has 0 saturated carbocycles. The Balaban J connectivity index is 2.05. The fourth-order valence-corrected chi connectivity index (χ4v) is 4.21. The molecule has 3 aromatic rings. The molecule has 0 unspecified atom stereocenters. The first-order valence-corrected chi connectivity index (χ1v) is 12.1. The average molecular weight is 535 g/mol. The van der Waals surface area contributed by atoms with Crippen LogP contribution >= 0.6 is 15.9 Å². The van der Waals surface area contributed by atoms with Gasteiger partial charge in [-0.1, -0.05) is 20.8 Å². The highest BCUT2D eigenvalue weighted by Crippen LogP contribution is 2.35. The Morgan fingerprint density at radius 1 is 1.24 bits per heavy atom. The summed E-state index contributed by atoms with van der Waals surface area (Å²) < 4.78 is 31.0. The summed E-state index contributed by atoms with van der Waals surface area (Å²) in [6.07, 6.45) is 3.56. The molecule has 0 saturated heterocycles. The van der Waals surface area contributed by atoms with Crippen LogP contribution in [-0.2, 0) is 20.3 Å². The van der Waals surface area contributed by atoms with Crippen molar-refractivity contribution in [2.45, 2.75) is 44.4 Å². The molecule has 0 aliphatic rings. The summed E-state index contributed by atoms with van der Waals surface area (Å²) in [4.78, 5) is 17.6. The predicted octanol–water partition coefficient (Wildman–Crippen LogP) is 5.21. The van der Waals surface area contributed by atoms with E-state index in [1.54, 1.807) is 39.1 Å². The zero-order chi connectivity index (χ0) is 24.4. The van der Waals surface area contributed by atoms with E-state index in [0.29, 0.717) is 34.5 Å². The summed E-state index contributed by atoms with van der Waals surface area (Å²) >= 11 is 3.39. The van der Waals surface area contributed by atoms with E-state index in [1.165, 1.54) is 19.4 Å². The normalized spacial score (nSPS) is 15.4. The lowest BCUT2D eigenvalue weighted by atomic mass is 9.88. The van der Waals surface area contributed by atoms with Crippen molar-refractivity contribution in [3.63, 3.8) is 0 Å². The van der Waals surface area contributed by atoms with Crippen LogP contribution in [0.15, 0.2) is 50.6 Å². The number of nitrogens with two attached hydrogens (primary N) is 1. The molecule has 11 heteroatoms. The monoisotopic (exact) mass is 534 g/mol. The highest BCUT2D eigenvalue weighted by molar-refractivity contribution is 9.10. The van der Waals surface area contributed by atoms with Gasteiger partial charge in [0.2, 0.25) is 0 Å². The van der Waals surface area contributed by atoms with E-state index in [1.807, 2.05) is 13.0 Å². The summed E-state index contributed by atoms with van der Waals surface area (Å²) in [5.74, 6) is 0.215. The number of aliphatic imine (C=N–C) groups is 1. The third kappa shape index (κ3) is 5.14. The minimum atomic E-state index is -1.57. The quantitative estimate of drug-likeness (QED) is 0.244. The van der Waals surface area contributed by atoms with E-state index in [9.17, 15) is 4.21 Å². The minimum absolute atomic E-state index is 0.144. The second-order valence-corrected chi connectivity index (χ2v) is 10.9. The maximum atomic E-state index is 15.0. The van der Waals surface area contributed by atoms with Crippen molar-refractivity contribution in [1.29, 1.82) is 0 Å². The average Bonchev–Trinajstić information content (AvgIpc) is 2.79. The minimum Gasteiger partial charge on any atom is -0.443 e. The molecule has 0 aliphatic heterocycles. The highest BCUT2D eigenvalue weighted by Gasteiger charge is 2.30. The Labute approximate surface area is 202 Å². The van der Waals surface area contributed by atoms with E-state index < -0.39 is 26.7 Å². The number of pyridine rings is 1. The van der Waals surface area contributed by atoms with Gasteiger partial charge in [-0.25, -0.2) is 19.3 Å². The molecular formula is C22H26BrFN7OS-. The van der Waals surface area contributed by atoms with E-state index in [2.05, 4.69) is 45.6 Å². The molecule has 3 rings (SSSR count). The number of hydrogen-bond acceptors (Lipinski definition) is 8. The second-order valence-electron chi connectivity index (χ2n) is 8.13. The summed E-state index contributed by atoms with van der Waals surface area (Å²) in [6.45, 7) is 7.09. The molecule has 0 aliphatic carbocycles. The highest BCUT2D eigenvalue weighted by atomic mass is 79.9. The Morgan fingerprint density at radius 2 is 1.97 bits per heavy atom. The largest absolute Gasteiger partial charge is 0.443 e. The summed E-state index contributed by atoms with van der Waals surface area (Å²) in [5, 5.41) is 3.20. The fourth-order valence-electron chi connectivity index (χ4n) is 3.21. The number of hydrogen-bond donors (Lipinski definition) is 2.